The van der Waals surface area contributed by atoms with E-state index in [0.717, 1.165) is 0 Å². The van der Waals surface area contributed by atoms with Gasteiger partial charge in [-0.05, 0) is 25.8 Å². The molecule has 0 fully saturated rings. The van der Waals surface area contributed by atoms with Crippen LogP contribution < -0.4 is 5.32 Å². The van der Waals surface area contributed by atoms with Crippen LogP contribution in [0.4, 0.5) is 11.5 Å². The van der Waals surface area contributed by atoms with Gasteiger partial charge < -0.3 is 10.4 Å². The van der Waals surface area contributed by atoms with Crippen molar-refractivity contribution in [2.24, 2.45) is 0 Å². The molecule has 1 aromatic rings. The molecule has 0 radical (unpaired) electrons. The molecule has 0 amide bonds. The summed E-state index contributed by atoms with van der Waals surface area (Å²) < 4.78 is 0. The Kier molecular flexibility index (Phi) is 5.41. The minimum Gasteiger partial charge on any atom is -0.481 e. The molecule has 0 saturated heterocycles. The maximum Gasteiger partial charge on any atom is 0.305 e. The third kappa shape index (κ3) is 4.53. The number of hydrogen-bond donors (Lipinski definition) is 2. The van der Waals surface area contributed by atoms with Crippen LogP contribution in [0.15, 0.2) is 12.1 Å². The number of carboxylic acid groups (broad SMARTS) is 1. The molecule has 0 aliphatic rings. The third-order valence-electron chi connectivity index (χ3n) is 2.60. The average Bonchev–Trinajstić information content (AvgIpc) is 2.37. The maximum absolute atomic E-state index is 10.7. The molecule has 2 N–H and O–H groups in total. The Morgan fingerprint density at radius 3 is 2.90 bits per heavy atom. The lowest BCUT2D eigenvalue weighted by molar-refractivity contribution is -0.385. The van der Waals surface area contributed by atoms with Crippen molar-refractivity contribution in [3.63, 3.8) is 0 Å². The maximum atomic E-state index is 10.7. The van der Waals surface area contributed by atoms with Gasteiger partial charge in [0.25, 0.3) is 0 Å². The first-order valence-corrected chi connectivity index (χ1v) is 5.98. The monoisotopic (exact) mass is 278 g/mol. The highest BCUT2D eigenvalue weighted by Crippen LogP contribution is 2.19. The van der Waals surface area contributed by atoms with Crippen LogP contribution in [0.5, 0.6) is 0 Å². The zero-order chi connectivity index (χ0) is 15.1. The van der Waals surface area contributed by atoms with Gasteiger partial charge >= 0.3 is 11.7 Å². The largest absolute Gasteiger partial charge is 0.481 e. The summed E-state index contributed by atoms with van der Waals surface area (Å²) in [5, 5.41) is 31.0. The van der Waals surface area contributed by atoms with Crippen LogP contribution in [0.3, 0.4) is 0 Å². The molecule has 8 heteroatoms. The lowest BCUT2D eigenvalue weighted by Crippen LogP contribution is -2.16. The van der Waals surface area contributed by atoms with Crippen molar-refractivity contribution < 1.29 is 14.8 Å². The van der Waals surface area contributed by atoms with Gasteiger partial charge in [0.05, 0.1) is 4.92 Å². The van der Waals surface area contributed by atoms with Gasteiger partial charge in [0.15, 0.2) is 0 Å². The van der Waals surface area contributed by atoms with Crippen LogP contribution in [0.2, 0.25) is 0 Å². The SMILES string of the molecule is CC(CCCC(=O)O)Nc1ccc([N+](=O)[O-])c(C#N)n1. The molecule has 106 valence electrons. The summed E-state index contributed by atoms with van der Waals surface area (Å²) in [6.07, 6.45) is 1.22. The van der Waals surface area contributed by atoms with Crippen molar-refractivity contribution in [1.82, 2.24) is 4.98 Å². The fourth-order valence-corrected chi connectivity index (χ4v) is 1.65. The number of aliphatic carboxylic acids is 1. The molecule has 0 aliphatic heterocycles. The van der Waals surface area contributed by atoms with E-state index in [1.807, 2.05) is 6.92 Å². The van der Waals surface area contributed by atoms with Gasteiger partial charge in [-0.15, -0.1) is 0 Å². The predicted octanol–water partition coefficient (Wildman–Crippen LogP) is 1.92. The number of nitro groups is 1. The van der Waals surface area contributed by atoms with Crippen LogP contribution in [0, 0.1) is 21.4 Å². The molecule has 0 spiro atoms. The van der Waals surface area contributed by atoms with Gasteiger partial charge in [0, 0.05) is 18.5 Å². The van der Waals surface area contributed by atoms with Crippen molar-refractivity contribution >= 4 is 17.5 Å². The summed E-state index contributed by atoms with van der Waals surface area (Å²) in [5.74, 6) is -0.493. The molecule has 1 unspecified atom stereocenters. The summed E-state index contributed by atoms with van der Waals surface area (Å²) in [5.41, 5.74) is -0.589. The predicted molar refractivity (Wildman–Crippen MR) is 70.2 cm³/mol. The molecule has 1 rings (SSSR count). The van der Waals surface area contributed by atoms with E-state index in [9.17, 15) is 14.9 Å². The zero-order valence-corrected chi connectivity index (χ0v) is 10.9. The highest BCUT2D eigenvalue weighted by Gasteiger charge is 2.16. The quantitative estimate of drug-likeness (QED) is 0.575. The number of nitrogens with zero attached hydrogens (tertiary/aromatic N) is 3. The second-order valence-corrected chi connectivity index (χ2v) is 4.26. The first-order valence-electron chi connectivity index (χ1n) is 5.98. The topological polar surface area (TPSA) is 129 Å². The molecular weight excluding hydrogens is 264 g/mol. The number of pyridine rings is 1. The van der Waals surface area contributed by atoms with Gasteiger partial charge in [-0.3, -0.25) is 14.9 Å². The number of hydrogen-bond acceptors (Lipinski definition) is 6. The van der Waals surface area contributed by atoms with Gasteiger partial charge in [0.1, 0.15) is 11.9 Å². The third-order valence-corrected chi connectivity index (χ3v) is 2.60. The molecule has 20 heavy (non-hydrogen) atoms. The second kappa shape index (κ2) is 7.04. The van der Waals surface area contributed by atoms with Crippen molar-refractivity contribution in [3.8, 4) is 6.07 Å². The van der Waals surface area contributed by atoms with Gasteiger partial charge in [-0.1, -0.05) is 0 Å². The van der Waals surface area contributed by atoms with Crippen molar-refractivity contribution in [2.45, 2.75) is 32.2 Å². The summed E-state index contributed by atoms with van der Waals surface area (Å²) in [7, 11) is 0. The summed E-state index contributed by atoms with van der Waals surface area (Å²) in [6, 6.07) is 4.28. The Hall–Kier alpha value is -2.69. The Balaban J connectivity index is 2.67. The smallest absolute Gasteiger partial charge is 0.305 e. The lowest BCUT2D eigenvalue weighted by Gasteiger charge is -2.13. The van der Waals surface area contributed by atoms with Gasteiger partial charge in [-0.25, -0.2) is 4.98 Å². The lowest BCUT2D eigenvalue weighted by atomic mass is 10.1. The standard InChI is InChI=1S/C12H14N4O4/c1-8(3-2-4-12(17)18)14-11-6-5-10(16(19)20)9(7-13)15-11/h5-6,8H,2-4H2,1H3,(H,14,15)(H,17,18). The Morgan fingerprint density at radius 2 is 2.35 bits per heavy atom. The highest BCUT2D eigenvalue weighted by atomic mass is 16.6. The van der Waals surface area contributed by atoms with Crippen LogP contribution in [0.1, 0.15) is 31.9 Å². The Bertz CT molecular complexity index is 553. The fourth-order valence-electron chi connectivity index (χ4n) is 1.65. The number of carboxylic acids is 1. The van der Waals surface area contributed by atoms with Gasteiger partial charge in [-0.2, -0.15) is 5.26 Å². The number of carbonyl (C=O) groups is 1. The minimum absolute atomic E-state index is 0.0464. The molecule has 1 heterocycles. The first-order chi connectivity index (χ1) is 9.43. The fraction of sp³-hybridized carbons (Fsp3) is 0.417. The van der Waals surface area contributed by atoms with E-state index in [-0.39, 0.29) is 23.8 Å². The number of nitriles is 1. The minimum atomic E-state index is -0.850. The zero-order valence-electron chi connectivity index (χ0n) is 10.9. The number of nitrogens with one attached hydrogen (secondary N) is 1. The van der Waals surface area contributed by atoms with Crippen molar-refractivity contribution in [2.75, 3.05) is 5.32 Å². The first kappa shape index (κ1) is 15.4. The van der Waals surface area contributed by atoms with Crippen LogP contribution >= 0.6 is 0 Å². The number of rotatable bonds is 7. The Morgan fingerprint density at radius 1 is 1.65 bits per heavy atom. The Labute approximate surface area is 115 Å². The summed E-state index contributed by atoms with van der Waals surface area (Å²) in [6.45, 7) is 1.84. The van der Waals surface area contributed by atoms with Crippen molar-refractivity contribution in [1.29, 1.82) is 5.26 Å². The van der Waals surface area contributed by atoms with E-state index in [2.05, 4.69) is 10.3 Å². The van der Waals surface area contributed by atoms with E-state index in [1.165, 1.54) is 12.1 Å². The molecular formula is C12H14N4O4. The molecule has 1 aromatic heterocycles. The van der Waals surface area contributed by atoms with Crippen LogP contribution in [0.25, 0.3) is 0 Å². The molecule has 1 atom stereocenters. The van der Waals surface area contributed by atoms with Crippen molar-refractivity contribution in [3.05, 3.63) is 27.9 Å². The van der Waals surface area contributed by atoms with Gasteiger partial charge in [0.2, 0.25) is 5.69 Å². The van der Waals surface area contributed by atoms with Crippen LogP contribution in [-0.2, 0) is 4.79 Å². The molecule has 0 bridgehead atoms. The summed E-state index contributed by atoms with van der Waals surface area (Å²) in [4.78, 5) is 24.3. The van der Waals surface area contributed by atoms with E-state index < -0.39 is 10.9 Å². The number of anilines is 1. The van der Waals surface area contributed by atoms with E-state index >= 15 is 0 Å². The molecule has 8 nitrogen and oxygen atoms in total. The van der Waals surface area contributed by atoms with E-state index in [0.29, 0.717) is 18.7 Å². The number of aromatic nitrogens is 1. The molecule has 0 saturated carbocycles. The van der Waals surface area contributed by atoms with Crippen LogP contribution in [-0.4, -0.2) is 27.0 Å². The molecule has 0 aliphatic carbocycles. The highest BCUT2D eigenvalue weighted by molar-refractivity contribution is 5.66. The van der Waals surface area contributed by atoms with E-state index in [1.54, 1.807) is 6.07 Å². The normalized spacial score (nSPS) is 11.4. The average molecular weight is 278 g/mol. The summed E-state index contributed by atoms with van der Waals surface area (Å²) >= 11 is 0. The molecule has 0 aromatic carbocycles. The second-order valence-electron chi connectivity index (χ2n) is 4.26. The van der Waals surface area contributed by atoms with E-state index in [4.69, 9.17) is 10.4 Å².